The summed E-state index contributed by atoms with van der Waals surface area (Å²) in [4.78, 5) is 21.7. The van der Waals surface area contributed by atoms with Crippen molar-refractivity contribution in [1.82, 2.24) is 15.1 Å². The molecule has 3 rings (SSSR count). The first-order valence-electron chi connectivity index (χ1n) is 12.7. The third-order valence-corrected chi connectivity index (χ3v) is 6.92. The maximum atomic E-state index is 12.9. The zero-order valence-corrected chi connectivity index (χ0v) is 22.7. The van der Waals surface area contributed by atoms with E-state index in [0.717, 1.165) is 42.2 Å². The van der Waals surface area contributed by atoms with E-state index in [9.17, 15) is 4.79 Å². The van der Waals surface area contributed by atoms with E-state index in [0.29, 0.717) is 24.4 Å². The van der Waals surface area contributed by atoms with Gasteiger partial charge in [-0.05, 0) is 75.1 Å². The Morgan fingerprint density at radius 3 is 2.33 bits per heavy atom. The molecular formula is C29H40N4O3. The molecule has 0 bridgehead atoms. The van der Waals surface area contributed by atoms with Gasteiger partial charge in [-0.25, -0.2) is 0 Å². The molecule has 0 saturated heterocycles. The van der Waals surface area contributed by atoms with Crippen LogP contribution in [-0.4, -0.2) is 69.4 Å². The van der Waals surface area contributed by atoms with Crippen molar-refractivity contribution in [3.05, 3.63) is 70.0 Å². The molecule has 0 radical (unpaired) electrons. The number of allylic oxidation sites excluding steroid dienone is 1. The van der Waals surface area contributed by atoms with E-state index >= 15 is 0 Å². The van der Waals surface area contributed by atoms with Crippen LogP contribution in [0.15, 0.2) is 52.8 Å². The van der Waals surface area contributed by atoms with Crippen LogP contribution >= 0.6 is 0 Å². The van der Waals surface area contributed by atoms with Crippen LogP contribution in [0.2, 0.25) is 0 Å². The number of carbonyl (C=O) groups is 1. The number of hydrogen-bond acceptors (Lipinski definition) is 6. The van der Waals surface area contributed by atoms with Crippen molar-refractivity contribution in [2.24, 2.45) is 4.99 Å². The monoisotopic (exact) mass is 492 g/mol. The van der Waals surface area contributed by atoms with Crippen molar-refractivity contribution in [3.63, 3.8) is 0 Å². The Balaban J connectivity index is 2.08. The Morgan fingerprint density at radius 1 is 1.14 bits per heavy atom. The normalized spacial score (nSPS) is 16.4. The highest BCUT2D eigenvalue weighted by Crippen LogP contribution is 2.41. The molecule has 1 unspecified atom stereocenters. The highest BCUT2D eigenvalue weighted by atomic mass is 16.5. The van der Waals surface area contributed by atoms with Gasteiger partial charge in [-0.15, -0.1) is 0 Å². The Hall–Kier alpha value is -3.32. The van der Waals surface area contributed by atoms with E-state index in [4.69, 9.17) is 9.47 Å². The van der Waals surface area contributed by atoms with Crippen LogP contribution in [0.5, 0.6) is 11.5 Å². The van der Waals surface area contributed by atoms with E-state index < -0.39 is 0 Å². The quantitative estimate of drug-likeness (QED) is 0.488. The second-order valence-electron chi connectivity index (χ2n) is 8.83. The van der Waals surface area contributed by atoms with Crippen molar-refractivity contribution in [2.75, 3.05) is 47.4 Å². The predicted molar refractivity (Wildman–Crippen MR) is 146 cm³/mol. The van der Waals surface area contributed by atoms with Crippen LogP contribution in [0.1, 0.15) is 60.8 Å². The maximum absolute atomic E-state index is 12.9. The molecule has 194 valence electrons. The number of nitrogens with zero attached hydrogens (tertiary/aromatic N) is 3. The summed E-state index contributed by atoms with van der Waals surface area (Å²) in [5.41, 5.74) is 6.32. The molecule has 0 saturated carbocycles. The number of nitrogens with one attached hydrogen (secondary N) is 1. The standard InChI is InChI=1S/C29H40N4O3/c1-8-31-20(4)25(30-5)19-33-16-15-23-17-26(35-6)27(36-7)18-24(23)28(33)21-11-13-22(14-12-21)29(34)32(9-2)10-3/h8,11-14,17-18,28,30H,9-10,15-16,19H2,1-7H3/b25-20-,31-8?. The van der Waals surface area contributed by atoms with E-state index in [2.05, 4.69) is 39.5 Å². The number of rotatable bonds is 10. The molecular weight excluding hydrogens is 452 g/mol. The number of methoxy groups -OCH3 is 2. The molecule has 7 heteroatoms. The summed E-state index contributed by atoms with van der Waals surface area (Å²) in [6.07, 6.45) is 2.72. The fourth-order valence-electron chi connectivity index (χ4n) is 4.91. The lowest BCUT2D eigenvalue weighted by Crippen LogP contribution is -2.39. The van der Waals surface area contributed by atoms with Gasteiger partial charge in [0, 0.05) is 50.7 Å². The number of hydrogen-bond donors (Lipinski definition) is 1. The van der Waals surface area contributed by atoms with Gasteiger partial charge >= 0.3 is 0 Å². The van der Waals surface area contributed by atoms with E-state index in [1.54, 1.807) is 14.2 Å². The van der Waals surface area contributed by atoms with Crippen LogP contribution in [0.25, 0.3) is 0 Å². The fraction of sp³-hybridized carbons (Fsp3) is 0.448. The molecule has 0 spiro atoms. The van der Waals surface area contributed by atoms with Crippen molar-refractivity contribution >= 4 is 12.1 Å². The topological polar surface area (TPSA) is 66.4 Å². The zero-order valence-electron chi connectivity index (χ0n) is 22.7. The zero-order chi connectivity index (χ0) is 26.2. The summed E-state index contributed by atoms with van der Waals surface area (Å²) in [5, 5.41) is 3.35. The summed E-state index contributed by atoms with van der Waals surface area (Å²) >= 11 is 0. The Labute approximate surface area is 215 Å². The number of fused-ring (bicyclic) bond motifs is 1. The van der Waals surface area contributed by atoms with Crippen LogP contribution in [0.4, 0.5) is 0 Å². The first-order valence-corrected chi connectivity index (χ1v) is 12.7. The van der Waals surface area contributed by atoms with Gasteiger partial charge < -0.3 is 19.7 Å². The first-order chi connectivity index (χ1) is 17.4. The van der Waals surface area contributed by atoms with Crippen LogP contribution in [0, 0.1) is 0 Å². The summed E-state index contributed by atoms with van der Waals surface area (Å²) in [7, 11) is 5.28. The van der Waals surface area contributed by atoms with Crippen LogP contribution in [0.3, 0.4) is 0 Å². The van der Waals surface area contributed by atoms with Gasteiger partial charge in [0.1, 0.15) is 0 Å². The number of amides is 1. The van der Waals surface area contributed by atoms with Crippen molar-refractivity contribution in [1.29, 1.82) is 0 Å². The number of likely N-dealkylation sites (N-methyl/N-ethyl adjacent to an activating group) is 1. The predicted octanol–water partition coefficient (Wildman–Crippen LogP) is 4.67. The molecule has 2 aromatic carbocycles. The van der Waals surface area contributed by atoms with Gasteiger partial charge in [-0.1, -0.05) is 12.1 Å². The minimum absolute atomic E-state index is 0.00656. The average Bonchev–Trinajstić information content (AvgIpc) is 2.91. The van der Waals surface area contributed by atoms with E-state index in [1.165, 1.54) is 11.1 Å². The lowest BCUT2D eigenvalue weighted by atomic mass is 9.87. The van der Waals surface area contributed by atoms with E-state index in [-0.39, 0.29) is 11.9 Å². The van der Waals surface area contributed by atoms with Gasteiger partial charge in [-0.3, -0.25) is 14.7 Å². The molecule has 1 aliphatic rings. The van der Waals surface area contributed by atoms with Crippen LogP contribution < -0.4 is 14.8 Å². The van der Waals surface area contributed by atoms with Gasteiger partial charge in [0.15, 0.2) is 11.5 Å². The van der Waals surface area contributed by atoms with Crippen molar-refractivity contribution < 1.29 is 14.3 Å². The van der Waals surface area contributed by atoms with Crippen molar-refractivity contribution in [3.8, 4) is 11.5 Å². The molecule has 0 aromatic heterocycles. The Morgan fingerprint density at radius 2 is 1.78 bits per heavy atom. The number of carbonyl (C=O) groups excluding carboxylic acids is 1. The SMILES string of the molecule is CC=N/C(C)=C(/CN1CCc2cc(OC)c(OC)cc2C1c1ccc(C(=O)N(CC)CC)cc1)NC. The fourth-order valence-corrected chi connectivity index (χ4v) is 4.91. The average molecular weight is 493 g/mol. The largest absolute Gasteiger partial charge is 0.493 e. The van der Waals surface area contributed by atoms with Gasteiger partial charge in [0.25, 0.3) is 5.91 Å². The molecule has 1 N–H and O–H groups in total. The number of ether oxygens (including phenoxy) is 2. The lowest BCUT2D eigenvalue weighted by molar-refractivity contribution is 0.0773. The molecule has 1 atom stereocenters. The second-order valence-corrected chi connectivity index (χ2v) is 8.83. The second kappa shape index (κ2) is 12.6. The molecule has 2 aromatic rings. The Kier molecular flexibility index (Phi) is 9.53. The molecule has 1 heterocycles. The smallest absolute Gasteiger partial charge is 0.253 e. The molecule has 1 aliphatic heterocycles. The highest BCUT2D eigenvalue weighted by Gasteiger charge is 2.31. The first kappa shape index (κ1) is 27.3. The molecule has 0 fully saturated rings. The van der Waals surface area contributed by atoms with Gasteiger partial charge in [-0.2, -0.15) is 0 Å². The summed E-state index contributed by atoms with van der Waals surface area (Å²) in [6.45, 7) is 11.0. The number of benzene rings is 2. The minimum atomic E-state index is -0.00656. The molecule has 7 nitrogen and oxygen atoms in total. The molecule has 36 heavy (non-hydrogen) atoms. The van der Waals surface area contributed by atoms with E-state index in [1.807, 2.05) is 58.0 Å². The third kappa shape index (κ3) is 5.73. The lowest BCUT2D eigenvalue weighted by Gasteiger charge is -2.38. The third-order valence-electron chi connectivity index (χ3n) is 6.92. The summed E-state index contributed by atoms with van der Waals surface area (Å²) < 4.78 is 11.2. The highest BCUT2D eigenvalue weighted by molar-refractivity contribution is 5.94. The maximum Gasteiger partial charge on any atom is 0.253 e. The summed E-state index contributed by atoms with van der Waals surface area (Å²) in [5.74, 6) is 1.52. The molecule has 0 aliphatic carbocycles. The van der Waals surface area contributed by atoms with Gasteiger partial charge in [0.05, 0.1) is 26.0 Å². The van der Waals surface area contributed by atoms with Gasteiger partial charge in [0.2, 0.25) is 0 Å². The Bertz CT molecular complexity index is 1100. The minimum Gasteiger partial charge on any atom is -0.493 e. The summed E-state index contributed by atoms with van der Waals surface area (Å²) in [6, 6.07) is 12.3. The number of aliphatic imine (C=N–C) groups is 1. The molecule has 1 amide bonds. The van der Waals surface area contributed by atoms with Crippen molar-refractivity contribution in [2.45, 2.75) is 40.2 Å². The van der Waals surface area contributed by atoms with Crippen LogP contribution in [-0.2, 0) is 6.42 Å².